The first kappa shape index (κ1) is 20.9. The molecule has 21 heavy (non-hydrogen) atoms. The Hall–Kier alpha value is -0.130. The van der Waals surface area contributed by atoms with Gasteiger partial charge >= 0.3 is 0 Å². The van der Waals surface area contributed by atoms with Crippen molar-refractivity contribution in [1.29, 1.82) is 0 Å². The maximum Gasteiger partial charge on any atom is 0.217 e. The second-order valence-electron chi connectivity index (χ2n) is 6.09. The van der Waals surface area contributed by atoms with Crippen LogP contribution in [0, 0.1) is 5.92 Å². The molecular formula is C16H33O4S-. The molecule has 0 aliphatic carbocycles. The van der Waals surface area contributed by atoms with Crippen LogP contribution in [0.15, 0.2) is 0 Å². The third-order valence-electron chi connectivity index (χ3n) is 3.89. The van der Waals surface area contributed by atoms with Gasteiger partial charge in [0.15, 0.2) is 0 Å². The highest BCUT2D eigenvalue weighted by Gasteiger charge is 2.03. The molecule has 0 heterocycles. The van der Waals surface area contributed by atoms with Crippen LogP contribution < -0.4 is 0 Å². The Morgan fingerprint density at radius 1 is 0.857 bits per heavy atom. The predicted octanol–water partition coefficient (Wildman–Crippen LogP) is 4.80. The largest absolute Gasteiger partial charge is 0.726 e. The lowest BCUT2D eigenvalue weighted by Gasteiger charge is -2.12. The van der Waals surface area contributed by atoms with Crippen LogP contribution in [0.25, 0.3) is 0 Å². The van der Waals surface area contributed by atoms with Crippen molar-refractivity contribution in [3.63, 3.8) is 0 Å². The molecule has 1 atom stereocenters. The Morgan fingerprint density at radius 2 is 1.33 bits per heavy atom. The quantitative estimate of drug-likeness (QED) is 0.247. The first-order valence-corrected chi connectivity index (χ1v) is 9.89. The van der Waals surface area contributed by atoms with Crippen molar-refractivity contribution in [1.82, 2.24) is 0 Å². The Labute approximate surface area is 131 Å². The molecule has 0 aromatic heterocycles. The summed E-state index contributed by atoms with van der Waals surface area (Å²) in [6.07, 6.45) is 15.0. The Balaban J connectivity index is 3.23. The van der Waals surface area contributed by atoms with Crippen LogP contribution in [0.5, 0.6) is 0 Å². The molecule has 0 saturated heterocycles. The lowest BCUT2D eigenvalue weighted by atomic mass is 9.99. The van der Waals surface area contributed by atoms with Gasteiger partial charge in [-0.1, -0.05) is 84.5 Å². The molecule has 0 aromatic rings. The molecule has 0 bridgehead atoms. The highest BCUT2D eigenvalue weighted by Crippen LogP contribution is 2.16. The minimum Gasteiger partial charge on any atom is -0.726 e. The Bertz CT molecular complexity index is 314. The van der Waals surface area contributed by atoms with Crippen molar-refractivity contribution in [3.8, 4) is 0 Å². The zero-order valence-electron chi connectivity index (χ0n) is 13.8. The van der Waals surface area contributed by atoms with Crippen LogP contribution in [0.4, 0.5) is 0 Å². The normalized spacial score (nSPS) is 13.5. The van der Waals surface area contributed by atoms with Crippen molar-refractivity contribution in [2.75, 3.05) is 6.61 Å². The number of rotatable bonds is 15. The molecule has 0 aliphatic heterocycles. The van der Waals surface area contributed by atoms with E-state index in [1.165, 1.54) is 64.2 Å². The first-order valence-electron chi connectivity index (χ1n) is 8.56. The van der Waals surface area contributed by atoms with Gasteiger partial charge in [0.25, 0.3) is 0 Å². The summed E-state index contributed by atoms with van der Waals surface area (Å²) < 4.78 is 35.1. The van der Waals surface area contributed by atoms with E-state index < -0.39 is 10.4 Å². The summed E-state index contributed by atoms with van der Waals surface area (Å²) in [7, 11) is -4.51. The third kappa shape index (κ3) is 17.8. The molecule has 0 saturated carbocycles. The maximum atomic E-state index is 10.3. The van der Waals surface area contributed by atoms with Crippen LogP contribution in [-0.4, -0.2) is 19.6 Å². The van der Waals surface area contributed by atoms with Gasteiger partial charge in [-0.05, 0) is 12.3 Å². The molecule has 5 heteroatoms. The highest BCUT2D eigenvalue weighted by atomic mass is 32.3. The van der Waals surface area contributed by atoms with Crippen LogP contribution >= 0.6 is 0 Å². The topological polar surface area (TPSA) is 66.4 Å². The minimum absolute atomic E-state index is 0.0186. The maximum absolute atomic E-state index is 10.3. The fraction of sp³-hybridized carbons (Fsp3) is 1.00. The van der Waals surface area contributed by atoms with Crippen LogP contribution in [0.2, 0.25) is 0 Å². The van der Waals surface area contributed by atoms with E-state index in [1.807, 2.05) is 0 Å². The van der Waals surface area contributed by atoms with Gasteiger partial charge in [0.05, 0.1) is 6.61 Å². The van der Waals surface area contributed by atoms with Gasteiger partial charge in [-0.3, -0.25) is 4.18 Å². The Kier molecular flexibility index (Phi) is 13.4. The fourth-order valence-electron chi connectivity index (χ4n) is 2.48. The Morgan fingerprint density at radius 3 is 1.81 bits per heavy atom. The van der Waals surface area contributed by atoms with Crippen molar-refractivity contribution >= 4 is 10.4 Å². The lowest BCUT2D eigenvalue weighted by molar-refractivity contribution is 0.239. The summed E-state index contributed by atoms with van der Waals surface area (Å²) in [6, 6.07) is 0. The van der Waals surface area contributed by atoms with Crippen LogP contribution in [0.3, 0.4) is 0 Å². The van der Waals surface area contributed by atoms with E-state index in [1.54, 1.807) is 0 Å². The molecular weight excluding hydrogens is 288 g/mol. The van der Waals surface area contributed by atoms with E-state index in [-0.39, 0.29) is 6.61 Å². The zero-order valence-corrected chi connectivity index (χ0v) is 14.6. The van der Waals surface area contributed by atoms with Crippen molar-refractivity contribution in [2.45, 2.75) is 90.9 Å². The van der Waals surface area contributed by atoms with E-state index in [2.05, 4.69) is 18.0 Å². The number of unbranched alkanes of at least 4 members (excludes halogenated alkanes) is 9. The van der Waals surface area contributed by atoms with Gasteiger partial charge < -0.3 is 4.55 Å². The molecule has 0 N–H and O–H groups in total. The summed E-state index contributed by atoms with van der Waals surface area (Å²) in [5, 5.41) is 0. The smallest absolute Gasteiger partial charge is 0.217 e. The molecule has 4 nitrogen and oxygen atoms in total. The van der Waals surface area contributed by atoms with Crippen molar-refractivity contribution < 1.29 is 17.2 Å². The number of hydrogen-bond acceptors (Lipinski definition) is 4. The van der Waals surface area contributed by atoms with Gasteiger partial charge in [-0.15, -0.1) is 0 Å². The zero-order chi connectivity index (χ0) is 16.0. The molecule has 0 aliphatic rings. The molecule has 0 rings (SSSR count). The number of hydrogen-bond donors (Lipinski definition) is 0. The minimum atomic E-state index is -4.51. The van der Waals surface area contributed by atoms with Gasteiger partial charge in [0.2, 0.25) is 10.4 Å². The summed E-state index contributed by atoms with van der Waals surface area (Å²) >= 11 is 0. The molecule has 0 spiro atoms. The lowest BCUT2D eigenvalue weighted by Crippen LogP contribution is -2.08. The van der Waals surface area contributed by atoms with Gasteiger partial charge in [0, 0.05) is 0 Å². The third-order valence-corrected chi connectivity index (χ3v) is 4.34. The molecule has 0 aromatic carbocycles. The average Bonchev–Trinajstić information content (AvgIpc) is 2.39. The molecule has 0 amide bonds. The SMILES string of the molecule is CCCCCCCCCCCCC(C)CCOS(=O)(=O)[O-]. The first-order chi connectivity index (χ1) is 9.95. The molecule has 0 fully saturated rings. The molecule has 128 valence electrons. The van der Waals surface area contributed by atoms with Gasteiger partial charge in [-0.2, -0.15) is 0 Å². The van der Waals surface area contributed by atoms with E-state index in [0.29, 0.717) is 12.3 Å². The van der Waals surface area contributed by atoms with Crippen LogP contribution in [0.1, 0.15) is 90.9 Å². The van der Waals surface area contributed by atoms with E-state index in [9.17, 15) is 13.0 Å². The van der Waals surface area contributed by atoms with E-state index >= 15 is 0 Å². The van der Waals surface area contributed by atoms with Crippen molar-refractivity contribution in [2.24, 2.45) is 5.92 Å². The fourth-order valence-corrected chi connectivity index (χ4v) is 2.78. The van der Waals surface area contributed by atoms with Crippen LogP contribution in [-0.2, 0) is 14.6 Å². The van der Waals surface area contributed by atoms with Gasteiger partial charge in [0.1, 0.15) is 0 Å². The predicted molar refractivity (Wildman–Crippen MR) is 85.9 cm³/mol. The summed E-state index contributed by atoms with van der Waals surface area (Å²) in [5.74, 6) is 0.417. The summed E-state index contributed by atoms with van der Waals surface area (Å²) in [6.45, 7) is 4.34. The van der Waals surface area contributed by atoms with E-state index in [0.717, 1.165) is 6.42 Å². The summed E-state index contributed by atoms with van der Waals surface area (Å²) in [4.78, 5) is 0. The summed E-state index contributed by atoms with van der Waals surface area (Å²) in [5.41, 5.74) is 0. The standard InChI is InChI=1S/C16H34O4S/c1-3-4-5-6-7-8-9-10-11-12-13-16(2)14-15-20-21(17,18)19/h16H,3-15H2,1-2H3,(H,17,18,19)/p-1. The highest BCUT2D eigenvalue weighted by molar-refractivity contribution is 7.80. The van der Waals surface area contributed by atoms with E-state index in [4.69, 9.17) is 0 Å². The molecule has 0 radical (unpaired) electrons. The van der Waals surface area contributed by atoms with Crippen molar-refractivity contribution in [3.05, 3.63) is 0 Å². The average molecular weight is 322 g/mol. The second kappa shape index (κ2) is 13.5. The molecule has 1 unspecified atom stereocenters. The van der Waals surface area contributed by atoms with Gasteiger partial charge in [-0.25, -0.2) is 8.42 Å². The monoisotopic (exact) mass is 321 g/mol. The second-order valence-corrected chi connectivity index (χ2v) is 7.15.